The number of carbonyl (C=O) groups excluding carboxylic acids is 1. The zero-order valence-corrected chi connectivity index (χ0v) is 11.2. The van der Waals surface area contributed by atoms with Crippen LogP contribution in [0.2, 0.25) is 0 Å². The summed E-state index contributed by atoms with van der Waals surface area (Å²) in [5.41, 5.74) is 2.05. The van der Waals surface area contributed by atoms with E-state index >= 15 is 0 Å². The quantitative estimate of drug-likeness (QED) is 0.900. The van der Waals surface area contributed by atoms with E-state index in [4.69, 9.17) is 5.11 Å². The Morgan fingerprint density at radius 2 is 1.90 bits per heavy atom. The minimum atomic E-state index is -0.498. The molecule has 0 saturated heterocycles. The summed E-state index contributed by atoms with van der Waals surface area (Å²) in [5.74, 6) is -0.969. The molecular formula is C16H16FNO2. The van der Waals surface area contributed by atoms with Gasteiger partial charge in [0.2, 0.25) is 0 Å². The molecule has 0 bridgehead atoms. The average molecular weight is 273 g/mol. The summed E-state index contributed by atoms with van der Waals surface area (Å²) in [6.45, 7) is 1.70. The molecule has 104 valence electrons. The summed E-state index contributed by atoms with van der Waals surface area (Å²) in [4.78, 5) is 12.0. The van der Waals surface area contributed by atoms with Gasteiger partial charge in [-0.2, -0.15) is 0 Å². The van der Waals surface area contributed by atoms with E-state index in [1.54, 1.807) is 31.2 Å². The normalized spacial score (nSPS) is 10.3. The number of halogens is 1. The van der Waals surface area contributed by atoms with Gasteiger partial charge in [-0.05, 0) is 42.7 Å². The van der Waals surface area contributed by atoms with Crippen LogP contribution in [-0.4, -0.2) is 17.6 Å². The second kappa shape index (κ2) is 6.30. The lowest BCUT2D eigenvalue weighted by atomic mass is 10.1. The monoisotopic (exact) mass is 273 g/mol. The molecule has 2 aromatic rings. The molecule has 0 aromatic heterocycles. The van der Waals surface area contributed by atoms with Crippen LogP contribution in [0.4, 0.5) is 10.1 Å². The number of nitrogens with one attached hydrogen (secondary N) is 1. The number of aliphatic hydroxyl groups excluding tert-OH is 1. The Balaban J connectivity index is 2.13. The summed E-state index contributed by atoms with van der Waals surface area (Å²) in [6.07, 6.45) is 0.570. The molecule has 0 saturated carbocycles. The van der Waals surface area contributed by atoms with E-state index in [0.717, 1.165) is 5.56 Å². The first kappa shape index (κ1) is 14.2. The van der Waals surface area contributed by atoms with E-state index in [2.05, 4.69) is 5.32 Å². The van der Waals surface area contributed by atoms with Crippen molar-refractivity contribution in [3.63, 3.8) is 0 Å². The number of aliphatic hydroxyl groups is 1. The molecule has 0 aliphatic heterocycles. The molecule has 0 heterocycles. The SMILES string of the molecule is Cc1cccc(C(=O)Nc2ccc(CCO)cc2)c1F. The van der Waals surface area contributed by atoms with Gasteiger partial charge in [0.25, 0.3) is 5.91 Å². The first-order chi connectivity index (χ1) is 9.61. The molecule has 20 heavy (non-hydrogen) atoms. The third kappa shape index (κ3) is 3.22. The second-order valence-corrected chi connectivity index (χ2v) is 4.56. The van der Waals surface area contributed by atoms with Gasteiger partial charge in [-0.15, -0.1) is 0 Å². The lowest BCUT2D eigenvalue weighted by Crippen LogP contribution is -2.14. The first-order valence-electron chi connectivity index (χ1n) is 6.38. The minimum Gasteiger partial charge on any atom is -0.396 e. The lowest BCUT2D eigenvalue weighted by molar-refractivity contribution is 0.102. The third-order valence-electron chi connectivity index (χ3n) is 3.05. The maximum absolute atomic E-state index is 13.8. The molecular weight excluding hydrogens is 257 g/mol. The molecule has 0 atom stereocenters. The van der Waals surface area contributed by atoms with Crippen LogP contribution in [0.25, 0.3) is 0 Å². The van der Waals surface area contributed by atoms with Gasteiger partial charge in [-0.3, -0.25) is 4.79 Å². The Kier molecular flexibility index (Phi) is 4.48. The Labute approximate surface area is 117 Å². The summed E-state index contributed by atoms with van der Waals surface area (Å²) in [7, 11) is 0. The predicted molar refractivity (Wildman–Crippen MR) is 76.3 cm³/mol. The van der Waals surface area contributed by atoms with Gasteiger partial charge >= 0.3 is 0 Å². The fourth-order valence-electron chi connectivity index (χ4n) is 1.91. The van der Waals surface area contributed by atoms with Gasteiger partial charge in [0.1, 0.15) is 5.82 Å². The molecule has 0 spiro atoms. The van der Waals surface area contributed by atoms with Crippen LogP contribution in [0.15, 0.2) is 42.5 Å². The van der Waals surface area contributed by atoms with Gasteiger partial charge in [-0.25, -0.2) is 4.39 Å². The number of rotatable bonds is 4. The summed E-state index contributed by atoms with van der Waals surface area (Å²) >= 11 is 0. The molecule has 2 N–H and O–H groups in total. The highest BCUT2D eigenvalue weighted by atomic mass is 19.1. The van der Waals surface area contributed by atoms with Crippen molar-refractivity contribution in [2.45, 2.75) is 13.3 Å². The van der Waals surface area contributed by atoms with E-state index in [0.29, 0.717) is 17.7 Å². The number of hydrogen-bond donors (Lipinski definition) is 2. The van der Waals surface area contributed by atoms with Gasteiger partial charge in [0.05, 0.1) is 5.56 Å². The molecule has 0 aliphatic carbocycles. The van der Waals surface area contributed by atoms with Gasteiger partial charge in [0.15, 0.2) is 0 Å². The van der Waals surface area contributed by atoms with Gasteiger partial charge in [-0.1, -0.05) is 24.3 Å². The van der Waals surface area contributed by atoms with Crippen LogP contribution in [0.5, 0.6) is 0 Å². The number of aryl methyl sites for hydroxylation is 1. The molecule has 0 radical (unpaired) electrons. The smallest absolute Gasteiger partial charge is 0.258 e. The molecule has 2 aromatic carbocycles. The van der Waals surface area contributed by atoms with E-state index in [1.165, 1.54) is 6.07 Å². The topological polar surface area (TPSA) is 49.3 Å². The highest BCUT2D eigenvalue weighted by Crippen LogP contribution is 2.15. The van der Waals surface area contributed by atoms with Gasteiger partial charge < -0.3 is 10.4 Å². The van der Waals surface area contributed by atoms with Crippen LogP contribution < -0.4 is 5.32 Å². The van der Waals surface area contributed by atoms with Crippen molar-refractivity contribution in [1.82, 2.24) is 0 Å². The zero-order chi connectivity index (χ0) is 14.5. The molecule has 0 aliphatic rings. The van der Waals surface area contributed by atoms with Crippen LogP contribution in [0.3, 0.4) is 0 Å². The summed E-state index contributed by atoms with van der Waals surface area (Å²) in [6, 6.07) is 11.8. The highest BCUT2D eigenvalue weighted by molar-refractivity contribution is 6.04. The lowest BCUT2D eigenvalue weighted by Gasteiger charge is -2.08. The number of hydrogen-bond acceptors (Lipinski definition) is 2. The zero-order valence-electron chi connectivity index (χ0n) is 11.2. The van der Waals surface area contributed by atoms with Crippen molar-refractivity contribution in [1.29, 1.82) is 0 Å². The fraction of sp³-hybridized carbons (Fsp3) is 0.188. The van der Waals surface area contributed by atoms with Crippen LogP contribution in [0.1, 0.15) is 21.5 Å². The molecule has 1 amide bonds. The molecule has 2 rings (SSSR count). The number of benzene rings is 2. The maximum atomic E-state index is 13.8. The van der Waals surface area contributed by atoms with Crippen molar-refractivity contribution < 1.29 is 14.3 Å². The number of anilines is 1. The summed E-state index contributed by atoms with van der Waals surface area (Å²) in [5, 5.41) is 11.5. The molecule has 0 unspecified atom stereocenters. The van der Waals surface area contributed by atoms with Crippen molar-refractivity contribution in [3.8, 4) is 0 Å². The second-order valence-electron chi connectivity index (χ2n) is 4.56. The predicted octanol–water partition coefficient (Wildman–Crippen LogP) is 2.92. The van der Waals surface area contributed by atoms with Crippen molar-refractivity contribution in [3.05, 3.63) is 65.0 Å². The van der Waals surface area contributed by atoms with E-state index in [1.807, 2.05) is 12.1 Å². The Hall–Kier alpha value is -2.20. The molecule has 3 nitrogen and oxygen atoms in total. The largest absolute Gasteiger partial charge is 0.396 e. The highest BCUT2D eigenvalue weighted by Gasteiger charge is 2.13. The van der Waals surface area contributed by atoms with Crippen molar-refractivity contribution >= 4 is 11.6 Å². The Bertz CT molecular complexity index is 608. The fourth-order valence-corrected chi connectivity index (χ4v) is 1.91. The summed E-state index contributed by atoms with van der Waals surface area (Å²) < 4.78 is 13.8. The third-order valence-corrected chi connectivity index (χ3v) is 3.05. The average Bonchev–Trinajstić information content (AvgIpc) is 2.44. The Morgan fingerprint density at radius 1 is 1.20 bits per heavy atom. The minimum absolute atomic E-state index is 0.0319. The van der Waals surface area contributed by atoms with E-state index in [9.17, 15) is 9.18 Å². The van der Waals surface area contributed by atoms with Crippen molar-refractivity contribution in [2.24, 2.45) is 0 Å². The van der Waals surface area contributed by atoms with E-state index < -0.39 is 11.7 Å². The van der Waals surface area contributed by atoms with Crippen LogP contribution in [-0.2, 0) is 6.42 Å². The molecule has 0 fully saturated rings. The molecule has 4 heteroatoms. The van der Waals surface area contributed by atoms with Crippen LogP contribution >= 0.6 is 0 Å². The van der Waals surface area contributed by atoms with Crippen LogP contribution in [0, 0.1) is 12.7 Å². The standard InChI is InChI=1S/C16H16FNO2/c1-11-3-2-4-14(15(11)17)16(20)18-13-7-5-12(6-8-13)9-10-19/h2-8,19H,9-10H2,1H3,(H,18,20). The number of amides is 1. The van der Waals surface area contributed by atoms with Gasteiger partial charge in [0, 0.05) is 12.3 Å². The Morgan fingerprint density at radius 3 is 2.55 bits per heavy atom. The first-order valence-corrected chi connectivity index (χ1v) is 6.38. The maximum Gasteiger partial charge on any atom is 0.258 e. The number of carbonyl (C=O) groups is 1. The van der Waals surface area contributed by atoms with E-state index in [-0.39, 0.29) is 12.2 Å². The van der Waals surface area contributed by atoms with Crippen molar-refractivity contribution in [2.75, 3.05) is 11.9 Å².